The molecule has 0 saturated carbocycles. The normalized spacial score (nSPS) is 12.0. The number of carbonyl (C=O) groups excluding carboxylic acids is 2. The van der Waals surface area contributed by atoms with Crippen LogP contribution < -0.4 is 10.6 Å². The smallest absolute Gasteiger partial charge is 0.287 e. The summed E-state index contributed by atoms with van der Waals surface area (Å²) in [4.78, 5) is 28.6. The average molecular weight is 353 g/mol. The predicted molar refractivity (Wildman–Crippen MR) is 94.8 cm³/mol. The third-order valence-corrected chi connectivity index (χ3v) is 3.80. The Morgan fingerprint density at radius 3 is 2.50 bits per heavy atom. The van der Waals surface area contributed by atoms with Crippen molar-refractivity contribution in [3.05, 3.63) is 61.1 Å². The largest absolute Gasteiger partial charge is 0.459 e. The van der Waals surface area contributed by atoms with Gasteiger partial charge in [0.2, 0.25) is 5.91 Å². The second-order valence-corrected chi connectivity index (χ2v) is 6.05. The summed E-state index contributed by atoms with van der Waals surface area (Å²) in [6.07, 6.45) is 4.45. The molecule has 1 unspecified atom stereocenters. The van der Waals surface area contributed by atoms with Crippen molar-refractivity contribution in [3.8, 4) is 5.69 Å². The van der Waals surface area contributed by atoms with Gasteiger partial charge in [-0.25, -0.2) is 9.67 Å². The third-order valence-electron chi connectivity index (χ3n) is 3.80. The van der Waals surface area contributed by atoms with Gasteiger partial charge in [0.05, 0.1) is 12.0 Å². The minimum Gasteiger partial charge on any atom is -0.459 e. The van der Waals surface area contributed by atoms with Gasteiger partial charge < -0.3 is 15.1 Å². The first-order valence-electron chi connectivity index (χ1n) is 8.15. The van der Waals surface area contributed by atoms with Gasteiger partial charge >= 0.3 is 0 Å². The Balaban J connectivity index is 1.67. The van der Waals surface area contributed by atoms with Crippen LogP contribution in [0, 0.1) is 5.92 Å². The molecule has 3 aromatic rings. The van der Waals surface area contributed by atoms with Gasteiger partial charge in [-0.3, -0.25) is 9.59 Å². The molecule has 134 valence electrons. The van der Waals surface area contributed by atoms with E-state index in [2.05, 4.69) is 20.7 Å². The summed E-state index contributed by atoms with van der Waals surface area (Å²) < 4.78 is 6.68. The summed E-state index contributed by atoms with van der Waals surface area (Å²) in [6.45, 7) is 3.72. The Bertz CT molecular complexity index is 855. The van der Waals surface area contributed by atoms with Gasteiger partial charge in [-0.15, -0.1) is 0 Å². The summed E-state index contributed by atoms with van der Waals surface area (Å²) in [7, 11) is 0. The molecular formula is C18H19N5O3. The van der Waals surface area contributed by atoms with E-state index in [9.17, 15) is 9.59 Å². The van der Waals surface area contributed by atoms with E-state index in [1.807, 2.05) is 26.0 Å². The summed E-state index contributed by atoms with van der Waals surface area (Å²) in [5.41, 5.74) is 1.45. The van der Waals surface area contributed by atoms with E-state index < -0.39 is 11.9 Å². The molecule has 2 heterocycles. The molecular weight excluding hydrogens is 334 g/mol. The number of rotatable bonds is 6. The Morgan fingerprint density at radius 1 is 1.15 bits per heavy atom. The van der Waals surface area contributed by atoms with E-state index in [1.165, 1.54) is 12.6 Å². The number of nitrogens with zero attached hydrogens (tertiary/aromatic N) is 3. The number of hydrogen-bond donors (Lipinski definition) is 2. The molecule has 26 heavy (non-hydrogen) atoms. The van der Waals surface area contributed by atoms with Crippen LogP contribution in [-0.4, -0.2) is 32.6 Å². The predicted octanol–water partition coefficient (Wildman–Crippen LogP) is 2.25. The van der Waals surface area contributed by atoms with E-state index >= 15 is 0 Å². The highest BCUT2D eigenvalue weighted by atomic mass is 16.3. The summed E-state index contributed by atoms with van der Waals surface area (Å²) in [6, 6.07) is 9.64. The molecule has 2 N–H and O–H groups in total. The topological polar surface area (TPSA) is 102 Å². The lowest BCUT2D eigenvalue weighted by atomic mass is 10.0. The Labute approximate surface area is 150 Å². The zero-order valence-electron chi connectivity index (χ0n) is 14.4. The summed E-state index contributed by atoms with van der Waals surface area (Å²) in [5, 5.41) is 9.57. The second kappa shape index (κ2) is 7.64. The molecule has 0 fully saturated rings. The van der Waals surface area contributed by atoms with Gasteiger partial charge in [0.15, 0.2) is 5.76 Å². The lowest BCUT2D eigenvalue weighted by Gasteiger charge is -2.21. The molecule has 3 rings (SSSR count). The van der Waals surface area contributed by atoms with Gasteiger partial charge in [-0.05, 0) is 42.3 Å². The molecule has 0 spiro atoms. The van der Waals surface area contributed by atoms with E-state index in [1.54, 1.807) is 35.3 Å². The van der Waals surface area contributed by atoms with Crippen LogP contribution in [0.15, 0.2) is 59.7 Å². The monoisotopic (exact) mass is 353 g/mol. The standard InChI is InChI=1S/C18H19N5O3/c1-12(2)16(22-17(24)15-4-3-9-26-15)18(25)21-13-5-7-14(8-6-13)23-11-19-10-20-23/h3-12,16H,1-2H3,(H,21,25)(H,22,24). The first kappa shape index (κ1) is 17.4. The number of anilines is 1. The van der Waals surface area contributed by atoms with E-state index in [0.29, 0.717) is 5.69 Å². The molecule has 8 nitrogen and oxygen atoms in total. The summed E-state index contributed by atoms with van der Waals surface area (Å²) in [5.74, 6) is -0.650. The molecule has 2 amide bonds. The van der Waals surface area contributed by atoms with Gasteiger partial charge in [0, 0.05) is 5.69 Å². The number of nitrogens with one attached hydrogen (secondary N) is 2. The van der Waals surface area contributed by atoms with Gasteiger partial charge in [0.25, 0.3) is 5.91 Å². The maximum Gasteiger partial charge on any atom is 0.287 e. The second-order valence-electron chi connectivity index (χ2n) is 6.05. The third kappa shape index (κ3) is 3.97. The highest BCUT2D eigenvalue weighted by Gasteiger charge is 2.25. The van der Waals surface area contributed by atoms with Crippen molar-refractivity contribution in [1.29, 1.82) is 0 Å². The highest BCUT2D eigenvalue weighted by molar-refractivity contribution is 6.00. The van der Waals surface area contributed by atoms with Crippen LogP contribution >= 0.6 is 0 Å². The average Bonchev–Trinajstić information content (AvgIpc) is 3.33. The Kier molecular flexibility index (Phi) is 5.12. The van der Waals surface area contributed by atoms with Crippen molar-refractivity contribution >= 4 is 17.5 Å². The van der Waals surface area contributed by atoms with Crippen LogP contribution in [0.2, 0.25) is 0 Å². The van der Waals surface area contributed by atoms with E-state index in [4.69, 9.17) is 4.42 Å². The minimum atomic E-state index is -0.692. The highest BCUT2D eigenvalue weighted by Crippen LogP contribution is 2.14. The van der Waals surface area contributed by atoms with Gasteiger partial charge in [-0.1, -0.05) is 13.8 Å². The number of carbonyl (C=O) groups is 2. The van der Waals surface area contributed by atoms with Crippen LogP contribution in [0.25, 0.3) is 5.69 Å². The number of aromatic nitrogens is 3. The number of hydrogen-bond acceptors (Lipinski definition) is 5. The molecule has 0 aliphatic rings. The number of amides is 2. The molecule has 0 bridgehead atoms. The molecule has 2 aromatic heterocycles. The van der Waals surface area contributed by atoms with Crippen LogP contribution in [-0.2, 0) is 4.79 Å². The van der Waals surface area contributed by atoms with Crippen molar-refractivity contribution in [3.63, 3.8) is 0 Å². The van der Waals surface area contributed by atoms with Crippen LogP contribution in [0.5, 0.6) is 0 Å². The zero-order valence-corrected chi connectivity index (χ0v) is 14.4. The first-order chi connectivity index (χ1) is 12.5. The minimum absolute atomic E-state index is 0.0941. The fraction of sp³-hybridized carbons (Fsp3) is 0.222. The zero-order chi connectivity index (χ0) is 18.5. The molecule has 0 aliphatic carbocycles. The van der Waals surface area contributed by atoms with E-state index in [0.717, 1.165) is 5.69 Å². The maximum atomic E-state index is 12.6. The molecule has 8 heteroatoms. The van der Waals surface area contributed by atoms with Crippen molar-refractivity contribution in [2.24, 2.45) is 5.92 Å². The Morgan fingerprint density at radius 2 is 1.92 bits per heavy atom. The van der Waals surface area contributed by atoms with E-state index in [-0.39, 0.29) is 17.6 Å². The SMILES string of the molecule is CC(C)C(NC(=O)c1ccco1)C(=O)Nc1ccc(-n2cncn2)cc1. The van der Waals surface area contributed by atoms with Crippen LogP contribution in [0.3, 0.4) is 0 Å². The van der Waals surface area contributed by atoms with Crippen molar-refractivity contribution in [2.45, 2.75) is 19.9 Å². The van der Waals surface area contributed by atoms with Crippen molar-refractivity contribution < 1.29 is 14.0 Å². The molecule has 0 aliphatic heterocycles. The van der Waals surface area contributed by atoms with Crippen LogP contribution in [0.4, 0.5) is 5.69 Å². The summed E-state index contributed by atoms with van der Waals surface area (Å²) >= 11 is 0. The maximum absolute atomic E-state index is 12.6. The molecule has 1 aromatic carbocycles. The van der Waals surface area contributed by atoms with Gasteiger partial charge in [0.1, 0.15) is 18.7 Å². The molecule has 1 atom stereocenters. The Hall–Kier alpha value is -3.42. The fourth-order valence-electron chi connectivity index (χ4n) is 2.41. The fourth-order valence-corrected chi connectivity index (χ4v) is 2.41. The van der Waals surface area contributed by atoms with Crippen LogP contribution in [0.1, 0.15) is 24.4 Å². The van der Waals surface area contributed by atoms with Crippen molar-refractivity contribution in [2.75, 3.05) is 5.32 Å². The quantitative estimate of drug-likeness (QED) is 0.708. The lowest BCUT2D eigenvalue weighted by molar-refractivity contribution is -0.118. The number of benzene rings is 1. The molecule has 0 saturated heterocycles. The van der Waals surface area contributed by atoms with Crippen molar-refractivity contribution in [1.82, 2.24) is 20.1 Å². The number of furan rings is 1. The first-order valence-corrected chi connectivity index (χ1v) is 8.15. The lowest BCUT2D eigenvalue weighted by Crippen LogP contribution is -2.47. The van der Waals surface area contributed by atoms with Gasteiger partial charge in [-0.2, -0.15) is 5.10 Å². The molecule has 0 radical (unpaired) electrons.